The fraction of sp³-hybridized carbons (Fsp3) is 0.467. The van der Waals surface area contributed by atoms with E-state index in [0.717, 1.165) is 16.5 Å². The normalized spacial score (nSPS) is 13.4. The largest absolute Gasteiger partial charge is 0.346 e. The van der Waals surface area contributed by atoms with Crippen LogP contribution in [0, 0.1) is 12.8 Å². The number of rotatable bonds is 6. The van der Waals surface area contributed by atoms with E-state index in [-0.39, 0.29) is 24.3 Å². The van der Waals surface area contributed by atoms with Crippen molar-refractivity contribution in [2.24, 2.45) is 11.7 Å². The third kappa shape index (κ3) is 5.47. The van der Waals surface area contributed by atoms with E-state index in [2.05, 4.69) is 26.6 Å². The summed E-state index contributed by atoms with van der Waals surface area (Å²) in [6, 6.07) is 4.93. The van der Waals surface area contributed by atoms with E-state index in [1.54, 1.807) is 6.07 Å². The first-order valence-electron chi connectivity index (χ1n) is 6.94. The molecule has 0 aromatic heterocycles. The Bertz CT molecular complexity index is 520. The molecule has 0 radical (unpaired) electrons. The van der Waals surface area contributed by atoms with Crippen molar-refractivity contribution >= 4 is 33.4 Å². The van der Waals surface area contributed by atoms with Crippen LogP contribution in [0.15, 0.2) is 22.7 Å². The van der Waals surface area contributed by atoms with Crippen LogP contribution in [-0.4, -0.2) is 24.4 Å². The van der Waals surface area contributed by atoms with Crippen LogP contribution in [-0.2, 0) is 9.59 Å². The Morgan fingerprint density at radius 1 is 1.38 bits per heavy atom. The van der Waals surface area contributed by atoms with Gasteiger partial charge >= 0.3 is 0 Å². The highest BCUT2D eigenvalue weighted by Gasteiger charge is 2.19. The first-order valence-corrected chi connectivity index (χ1v) is 7.73. The van der Waals surface area contributed by atoms with E-state index >= 15 is 0 Å². The quantitative estimate of drug-likeness (QED) is 0.731. The molecule has 21 heavy (non-hydrogen) atoms. The zero-order valence-electron chi connectivity index (χ0n) is 12.6. The summed E-state index contributed by atoms with van der Waals surface area (Å²) in [6.07, 6.45) is 0.818. The van der Waals surface area contributed by atoms with Gasteiger partial charge in [0.1, 0.15) is 0 Å². The number of anilines is 1. The smallest absolute Gasteiger partial charge is 0.243 e. The first kappa shape index (κ1) is 17.7. The second-order valence-electron chi connectivity index (χ2n) is 5.14. The Kier molecular flexibility index (Phi) is 6.84. The molecule has 1 aromatic rings. The minimum atomic E-state index is -0.585. The number of hydrogen-bond acceptors (Lipinski definition) is 3. The van der Waals surface area contributed by atoms with Gasteiger partial charge in [-0.15, -0.1) is 0 Å². The molecule has 6 heteroatoms. The molecule has 1 rings (SSSR count). The summed E-state index contributed by atoms with van der Waals surface area (Å²) in [7, 11) is 0. The van der Waals surface area contributed by atoms with Gasteiger partial charge in [-0.1, -0.05) is 36.2 Å². The third-order valence-electron chi connectivity index (χ3n) is 3.42. The molecule has 1 aromatic carbocycles. The predicted octanol–water partition coefficient (Wildman–Crippen LogP) is 2.19. The number of benzene rings is 1. The summed E-state index contributed by atoms with van der Waals surface area (Å²) in [5, 5.41) is 5.29. The van der Waals surface area contributed by atoms with Gasteiger partial charge in [-0.05, 0) is 36.6 Å². The summed E-state index contributed by atoms with van der Waals surface area (Å²) in [6.45, 7) is 5.74. The van der Waals surface area contributed by atoms with Gasteiger partial charge in [0.2, 0.25) is 11.8 Å². The van der Waals surface area contributed by atoms with Crippen LogP contribution in [0.2, 0.25) is 0 Å². The molecule has 0 spiro atoms. The minimum Gasteiger partial charge on any atom is -0.346 e. The van der Waals surface area contributed by atoms with E-state index in [0.29, 0.717) is 5.69 Å². The van der Waals surface area contributed by atoms with E-state index in [1.165, 1.54) is 0 Å². The summed E-state index contributed by atoms with van der Waals surface area (Å²) in [5.74, 6) is -0.491. The first-order chi connectivity index (χ1) is 9.85. The molecule has 0 aliphatic rings. The number of hydrogen-bond donors (Lipinski definition) is 3. The molecule has 0 saturated heterocycles. The Morgan fingerprint density at radius 3 is 2.62 bits per heavy atom. The molecule has 4 N–H and O–H groups in total. The summed E-state index contributed by atoms with van der Waals surface area (Å²) in [4.78, 5) is 23.6. The lowest BCUT2D eigenvalue weighted by molar-refractivity contribution is -0.125. The number of halogens is 1. The molecule has 0 bridgehead atoms. The van der Waals surface area contributed by atoms with E-state index in [9.17, 15) is 9.59 Å². The van der Waals surface area contributed by atoms with Crippen molar-refractivity contribution in [2.75, 3.05) is 11.9 Å². The lowest BCUT2D eigenvalue weighted by Gasteiger charge is -2.17. The van der Waals surface area contributed by atoms with Gasteiger partial charge in [-0.3, -0.25) is 9.59 Å². The zero-order valence-corrected chi connectivity index (χ0v) is 14.2. The highest BCUT2D eigenvalue weighted by molar-refractivity contribution is 9.10. The predicted molar refractivity (Wildman–Crippen MR) is 87.9 cm³/mol. The number of amides is 2. The molecule has 2 atom stereocenters. The van der Waals surface area contributed by atoms with Gasteiger partial charge < -0.3 is 16.4 Å². The van der Waals surface area contributed by atoms with Crippen LogP contribution in [0.5, 0.6) is 0 Å². The standard InChI is InChI=1S/C15H22BrN3O2/c1-4-9(2)14(17)15(21)18-8-13(20)19-11-5-6-12(16)10(3)7-11/h5-7,9,14H,4,8,17H2,1-3H3,(H,18,21)(H,19,20). The zero-order chi connectivity index (χ0) is 16.0. The van der Waals surface area contributed by atoms with Gasteiger partial charge in [0.25, 0.3) is 0 Å². The van der Waals surface area contributed by atoms with Crippen LogP contribution in [0.25, 0.3) is 0 Å². The van der Waals surface area contributed by atoms with Crippen molar-refractivity contribution in [1.82, 2.24) is 5.32 Å². The van der Waals surface area contributed by atoms with E-state index in [1.807, 2.05) is 32.9 Å². The number of carbonyl (C=O) groups excluding carboxylic acids is 2. The molecule has 5 nitrogen and oxygen atoms in total. The molecular formula is C15H22BrN3O2. The average molecular weight is 356 g/mol. The highest BCUT2D eigenvalue weighted by atomic mass is 79.9. The molecule has 0 aliphatic heterocycles. The molecule has 0 saturated carbocycles. The van der Waals surface area contributed by atoms with Gasteiger partial charge in [0.05, 0.1) is 12.6 Å². The van der Waals surface area contributed by atoms with Crippen LogP contribution in [0.1, 0.15) is 25.8 Å². The van der Waals surface area contributed by atoms with Crippen molar-refractivity contribution in [3.63, 3.8) is 0 Å². The maximum absolute atomic E-state index is 11.8. The highest BCUT2D eigenvalue weighted by Crippen LogP contribution is 2.19. The van der Waals surface area contributed by atoms with Crippen LogP contribution in [0.4, 0.5) is 5.69 Å². The molecule has 0 fully saturated rings. The third-order valence-corrected chi connectivity index (χ3v) is 4.31. The van der Waals surface area contributed by atoms with Crippen LogP contribution in [0.3, 0.4) is 0 Å². The van der Waals surface area contributed by atoms with Gasteiger partial charge in [-0.25, -0.2) is 0 Å². The van der Waals surface area contributed by atoms with Gasteiger partial charge in [0.15, 0.2) is 0 Å². The topological polar surface area (TPSA) is 84.2 Å². The van der Waals surface area contributed by atoms with Crippen molar-refractivity contribution < 1.29 is 9.59 Å². The second kappa shape index (κ2) is 8.14. The van der Waals surface area contributed by atoms with Gasteiger partial charge in [0, 0.05) is 10.2 Å². The average Bonchev–Trinajstić information content (AvgIpc) is 2.46. The van der Waals surface area contributed by atoms with Crippen molar-refractivity contribution in [2.45, 2.75) is 33.2 Å². The Balaban J connectivity index is 2.47. The Morgan fingerprint density at radius 2 is 2.05 bits per heavy atom. The molecular weight excluding hydrogens is 334 g/mol. The monoisotopic (exact) mass is 355 g/mol. The Hall–Kier alpha value is -1.40. The van der Waals surface area contributed by atoms with Gasteiger partial charge in [-0.2, -0.15) is 0 Å². The number of aryl methyl sites for hydroxylation is 1. The minimum absolute atomic E-state index is 0.0852. The summed E-state index contributed by atoms with van der Waals surface area (Å²) >= 11 is 3.40. The van der Waals surface area contributed by atoms with E-state index < -0.39 is 6.04 Å². The fourth-order valence-electron chi connectivity index (χ4n) is 1.73. The molecule has 2 amide bonds. The van der Waals surface area contributed by atoms with Crippen LogP contribution >= 0.6 is 15.9 Å². The SMILES string of the molecule is CCC(C)C(N)C(=O)NCC(=O)Nc1ccc(Br)c(C)c1. The van der Waals surface area contributed by atoms with Crippen LogP contribution < -0.4 is 16.4 Å². The van der Waals surface area contributed by atoms with Crippen molar-refractivity contribution in [1.29, 1.82) is 0 Å². The van der Waals surface area contributed by atoms with Crippen molar-refractivity contribution in [3.05, 3.63) is 28.2 Å². The maximum atomic E-state index is 11.8. The molecule has 116 valence electrons. The lowest BCUT2D eigenvalue weighted by Crippen LogP contribution is -2.46. The van der Waals surface area contributed by atoms with E-state index in [4.69, 9.17) is 5.73 Å². The second-order valence-corrected chi connectivity index (χ2v) is 6.00. The number of nitrogens with two attached hydrogens (primary N) is 1. The summed E-state index contributed by atoms with van der Waals surface area (Å²) in [5.41, 5.74) is 7.52. The number of carbonyl (C=O) groups is 2. The fourth-order valence-corrected chi connectivity index (χ4v) is 1.97. The Labute approximate surface area is 133 Å². The lowest BCUT2D eigenvalue weighted by atomic mass is 9.99. The maximum Gasteiger partial charge on any atom is 0.243 e. The molecule has 0 aliphatic carbocycles. The molecule has 2 unspecified atom stereocenters. The number of nitrogens with one attached hydrogen (secondary N) is 2. The molecule has 0 heterocycles. The van der Waals surface area contributed by atoms with Crippen molar-refractivity contribution in [3.8, 4) is 0 Å². The summed E-state index contributed by atoms with van der Waals surface area (Å²) < 4.78 is 0.980.